The van der Waals surface area contributed by atoms with Gasteiger partial charge < -0.3 is 28.5 Å². The van der Waals surface area contributed by atoms with Crippen LogP contribution in [0, 0.1) is 0 Å². The minimum absolute atomic E-state index is 0. The van der Waals surface area contributed by atoms with Crippen LogP contribution in [0.25, 0.3) is 0 Å². The summed E-state index contributed by atoms with van der Waals surface area (Å²) >= 11 is 0. The van der Waals surface area contributed by atoms with E-state index in [1.54, 1.807) is 0 Å². The second-order valence-corrected chi connectivity index (χ2v) is 4.22. The highest BCUT2D eigenvalue weighted by atomic mass is 127. The number of rotatable bonds is 2. The van der Waals surface area contributed by atoms with Gasteiger partial charge in [-0.05, 0) is 18.1 Å². The summed E-state index contributed by atoms with van der Waals surface area (Å²) in [5.74, 6) is 0. The van der Waals surface area contributed by atoms with E-state index < -0.39 is 0 Å². The topological polar surface area (TPSA) is 0 Å². The van der Waals surface area contributed by atoms with E-state index in [2.05, 4.69) is 51.5 Å². The highest BCUT2D eigenvalue weighted by Crippen LogP contribution is 2.08. The molecule has 0 aliphatic heterocycles. The summed E-state index contributed by atoms with van der Waals surface area (Å²) in [6.07, 6.45) is 12.1. The van der Waals surface area contributed by atoms with Gasteiger partial charge in [-0.1, -0.05) is 24.3 Å². The van der Waals surface area contributed by atoms with E-state index in [1.807, 2.05) is 0 Å². The molecule has 0 N–H and O–H groups in total. The van der Waals surface area contributed by atoms with Gasteiger partial charge in [0.05, 0.1) is 27.7 Å². The zero-order valence-corrected chi connectivity index (χ0v) is 10.8. The summed E-state index contributed by atoms with van der Waals surface area (Å²) in [6.45, 7) is 1.09. The van der Waals surface area contributed by atoms with E-state index in [0.717, 1.165) is 17.4 Å². The summed E-state index contributed by atoms with van der Waals surface area (Å²) in [4.78, 5) is 0. The molecule has 0 atom stereocenters. The van der Waals surface area contributed by atoms with Crippen molar-refractivity contribution >= 4 is 0 Å². The summed E-state index contributed by atoms with van der Waals surface area (Å²) in [6, 6.07) is 0. The molecule has 1 aliphatic rings. The quantitative estimate of drug-likeness (QED) is 0.459. The van der Waals surface area contributed by atoms with Gasteiger partial charge >= 0.3 is 0 Å². The van der Waals surface area contributed by atoms with E-state index in [1.165, 1.54) is 5.57 Å². The molecular weight excluding hydrogens is 273 g/mol. The molecule has 0 spiro atoms. The fourth-order valence-corrected chi connectivity index (χ4v) is 1.06. The van der Waals surface area contributed by atoms with Crippen LogP contribution < -0.4 is 24.0 Å². The second-order valence-electron chi connectivity index (χ2n) is 4.22. The maximum Gasteiger partial charge on any atom is 0.0976 e. The Bertz CT molecular complexity index is 217. The zero-order chi connectivity index (χ0) is 9.03. The fraction of sp³-hybridized carbons (Fsp3) is 0.455. The molecule has 2 heteroatoms. The van der Waals surface area contributed by atoms with Gasteiger partial charge in [-0.3, -0.25) is 0 Å². The molecule has 0 aromatic heterocycles. The molecule has 13 heavy (non-hydrogen) atoms. The van der Waals surface area contributed by atoms with Gasteiger partial charge in [0.25, 0.3) is 0 Å². The normalized spacial score (nSPS) is 15.5. The van der Waals surface area contributed by atoms with Gasteiger partial charge in [0, 0.05) is 0 Å². The minimum Gasteiger partial charge on any atom is -1.00 e. The summed E-state index contributed by atoms with van der Waals surface area (Å²) in [5, 5.41) is 0. The number of halogens is 1. The van der Waals surface area contributed by atoms with Gasteiger partial charge in [-0.15, -0.1) is 0 Å². The zero-order valence-electron chi connectivity index (χ0n) is 8.63. The number of likely N-dealkylation sites (N-methyl/N-ethyl adjacent to an activating group) is 1. The Morgan fingerprint density at radius 3 is 2.23 bits per heavy atom. The predicted molar refractivity (Wildman–Crippen MR) is 53.9 cm³/mol. The van der Waals surface area contributed by atoms with Crippen molar-refractivity contribution in [3.63, 3.8) is 0 Å². The van der Waals surface area contributed by atoms with E-state index in [4.69, 9.17) is 0 Å². The lowest BCUT2D eigenvalue weighted by atomic mass is 10.1. The van der Waals surface area contributed by atoms with E-state index in [-0.39, 0.29) is 24.0 Å². The highest BCUT2D eigenvalue weighted by molar-refractivity contribution is 5.34. The number of hydrogen-bond acceptors (Lipinski definition) is 0. The number of nitrogens with zero attached hydrogens (tertiary/aromatic N) is 1. The number of allylic oxidation sites excluding steroid dienone is 5. The number of hydrogen-bond donors (Lipinski definition) is 0. The third-order valence-corrected chi connectivity index (χ3v) is 1.77. The maximum absolute atomic E-state index is 2.28. The molecule has 0 amide bonds. The van der Waals surface area contributed by atoms with Gasteiger partial charge in [0.15, 0.2) is 0 Å². The van der Waals surface area contributed by atoms with Crippen LogP contribution in [0.1, 0.15) is 6.42 Å². The Balaban J connectivity index is 0.00000144. The first kappa shape index (κ1) is 12.9. The van der Waals surface area contributed by atoms with Gasteiger partial charge in [-0.25, -0.2) is 0 Å². The first-order chi connectivity index (χ1) is 5.58. The van der Waals surface area contributed by atoms with Crippen LogP contribution in [0.2, 0.25) is 0 Å². The van der Waals surface area contributed by atoms with Crippen LogP contribution in [-0.4, -0.2) is 32.2 Å². The van der Waals surface area contributed by atoms with Crippen molar-refractivity contribution in [2.45, 2.75) is 6.42 Å². The average molecular weight is 291 g/mol. The molecule has 0 saturated carbocycles. The monoisotopic (exact) mass is 291 g/mol. The first-order valence-corrected chi connectivity index (χ1v) is 4.42. The van der Waals surface area contributed by atoms with Crippen molar-refractivity contribution < 1.29 is 28.5 Å². The first-order valence-electron chi connectivity index (χ1n) is 4.42. The molecule has 1 nitrogen and oxygen atoms in total. The summed E-state index contributed by atoms with van der Waals surface area (Å²) < 4.78 is 0.991. The Hall–Kier alpha value is -0.0900. The van der Waals surface area contributed by atoms with Crippen LogP contribution in [0.15, 0.2) is 36.0 Å². The molecule has 74 valence electrons. The highest BCUT2D eigenvalue weighted by Gasteiger charge is 2.03. The molecule has 0 heterocycles. The molecule has 0 aromatic rings. The Labute approximate surface area is 98.4 Å². The lowest BCUT2D eigenvalue weighted by molar-refractivity contribution is -0.864. The van der Waals surface area contributed by atoms with Crippen molar-refractivity contribution in [2.75, 3.05) is 27.7 Å². The van der Waals surface area contributed by atoms with Crippen molar-refractivity contribution in [1.29, 1.82) is 0 Å². The number of quaternary nitrogens is 1. The largest absolute Gasteiger partial charge is 1.00 e. The van der Waals surface area contributed by atoms with Crippen LogP contribution >= 0.6 is 0 Å². The second kappa shape index (κ2) is 5.60. The van der Waals surface area contributed by atoms with Crippen molar-refractivity contribution in [2.24, 2.45) is 0 Å². The average Bonchev–Trinajstić information content (AvgIpc) is 2.02. The van der Waals surface area contributed by atoms with Crippen LogP contribution in [0.5, 0.6) is 0 Å². The molecule has 1 rings (SSSR count). The van der Waals surface area contributed by atoms with Crippen LogP contribution in [0.3, 0.4) is 0 Å². The third kappa shape index (κ3) is 6.05. The molecule has 0 aromatic carbocycles. The fourth-order valence-electron chi connectivity index (χ4n) is 1.06. The Kier molecular flexibility index (Phi) is 5.56. The Morgan fingerprint density at radius 2 is 1.77 bits per heavy atom. The van der Waals surface area contributed by atoms with E-state index in [9.17, 15) is 0 Å². The summed E-state index contributed by atoms with van der Waals surface area (Å²) in [5.41, 5.74) is 1.34. The van der Waals surface area contributed by atoms with Crippen LogP contribution in [-0.2, 0) is 0 Å². The minimum atomic E-state index is 0. The molecular formula is C11H18IN. The molecule has 1 aliphatic carbocycles. The third-order valence-electron chi connectivity index (χ3n) is 1.77. The summed E-state index contributed by atoms with van der Waals surface area (Å²) in [7, 11) is 6.61. The van der Waals surface area contributed by atoms with Crippen molar-refractivity contribution in [3.05, 3.63) is 36.0 Å². The SMILES string of the molecule is C[N+](C)(C)CC=C1C=CCC=C1.[I-]. The molecule has 0 bridgehead atoms. The van der Waals surface area contributed by atoms with Gasteiger partial charge in [0.1, 0.15) is 0 Å². The Morgan fingerprint density at radius 1 is 1.23 bits per heavy atom. The van der Waals surface area contributed by atoms with Crippen LogP contribution in [0.4, 0.5) is 0 Å². The molecule has 0 unspecified atom stereocenters. The molecule has 0 saturated heterocycles. The van der Waals surface area contributed by atoms with E-state index in [0.29, 0.717) is 0 Å². The molecule has 0 radical (unpaired) electrons. The van der Waals surface area contributed by atoms with Gasteiger partial charge in [0.2, 0.25) is 0 Å². The van der Waals surface area contributed by atoms with Crippen molar-refractivity contribution in [3.8, 4) is 0 Å². The predicted octanol–water partition coefficient (Wildman–Crippen LogP) is -0.861. The lowest BCUT2D eigenvalue weighted by Crippen LogP contribution is -3.00. The van der Waals surface area contributed by atoms with Gasteiger partial charge in [-0.2, -0.15) is 0 Å². The molecule has 0 fully saturated rings. The lowest BCUT2D eigenvalue weighted by Gasteiger charge is -2.22. The van der Waals surface area contributed by atoms with Crippen molar-refractivity contribution in [1.82, 2.24) is 0 Å². The van der Waals surface area contributed by atoms with E-state index >= 15 is 0 Å². The standard InChI is InChI=1S/C11H18N.HI/c1-12(2,3)10-9-11-7-5-4-6-8-11;/h5-9H,4,10H2,1-3H3;1H/q+1;/p-1. The smallest absolute Gasteiger partial charge is 0.0976 e. The maximum atomic E-state index is 2.28.